The number of ether oxygens (including phenoxy) is 1. The molecule has 0 fully saturated rings. The van der Waals surface area contributed by atoms with E-state index in [0.29, 0.717) is 12.5 Å². The van der Waals surface area contributed by atoms with E-state index in [1.807, 2.05) is 13.0 Å². The van der Waals surface area contributed by atoms with Crippen molar-refractivity contribution in [2.24, 2.45) is 5.92 Å². The second-order valence-electron chi connectivity index (χ2n) is 2.84. The van der Waals surface area contributed by atoms with Gasteiger partial charge in [0, 0.05) is 0 Å². The van der Waals surface area contributed by atoms with Crippen molar-refractivity contribution in [1.29, 1.82) is 0 Å². The molecule has 1 heteroatoms. The van der Waals surface area contributed by atoms with Crippen LogP contribution in [0.25, 0.3) is 0 Å². The van der Waals surface area contributed by atoms with Crippen molar-refractivity contribution in [1.82, 2.24) is 0 Å². The van der Waals surface area contributed by atoms with Crippen LogP contribution in [0, 0.1) is 5.92 Å². The zero-order chi connectivity index (χ0) is 7.98. The van der Waals surface area contributed by atoms with Crippen LogP contribution in [-0.4, -0.2) is 6.61 Å². The zero-order valence-corrected chi connectivity index (χ0v) is 7.05. The molecule has 0 aromatic carbocycles. The summed E-state index contributed by atoms with van der Waals surface area (Å²) in [7, 11) is 0. The van der Waals surface area contributed by atoms with Crippen LogP contribution in [0.4, 0.5) is 0 Å². The van der Waals surface area contributed by atoms with Crippen LogP contribution in [0.3, 0.4) is 0 Å². The lowest BCUT2D eigenvalue weighted by atomic mass is 10.2. The second kappa shape index (κ2) is 5.10. The second-order valence-corrected chi connectivity index (χ2v) is 2.84. The van der Waals surface area contributed by atoms with Crippen LogP contribution < -0.4 is 0 Å². The molecule has 10 heavy (non-hydrogen) atoms. The first-order chi connectivity index (χ1) is 4.63. The summed E-state index contributed by atoms with van der Waals surface area (Å²) >= 11 is 0. The Hall–Kier alpha value is -0.720. The Morgan fingerprint density at radius 3 is 2.60 bits per heavy atom. The Morgan fingerprint density at radius 1 is 1.60 bits per heavy atom. The summed E-state index contributed by atoms with van der Waals surface area (Å²) in [6, 6.07) is 0. The molecule has 0 saturated heterocycles. The number of allylic oxidation sites excluding steroid dienone is 1. The van der Waals surface area contributed by atoms with Gasteiger partial charge in [0.25, 0.3) is 0 Å². The van der Waals surface area contributed by atoms with Gasteiger partial charge < -0.3 is 4.74 Å². The van der Waals surface area contributed by atoms with Gasteiger partial charge >= 0.3 is 0 Å². The van der Waals surface area contributed by atoms with E-state index in [2.05, 4.69) is 20.4 Å². The Kier molecular flexibility index (Phi) is 4.73. The molecular weight excluding hydrogens is 124 g/mol. The highest BCUT2D eigenvalue weighted by Crippen LogP contribution is 1.95. The predicted molar refractivity (Wildman–Crippen MR) is 44.7 cm³/mol. The summed E-state index contributed by atoms with van der Waals surface area (Å²) in [5.74, 6) is 0.560. The van der Waals surface area contributed by atoms with E-state index in [4.69, 9.17) is 4.74 Å². The largest absolute Gasteiger partial charge is 0.497 e. The molecule has 0 aromatic heterocycles. The average molecular weight is 140 g/mol. The Balaban J connectivity index is 3.27. The first-order valence-electron chi connectivity index (χ1n) is 3.55. The van der Waals surface area contributed by atoms with Crippen LogP contribution in [-0.2, 0) is 4.74 Å². The first-order valence-corrected chi connectivity index (χ1v) is 3.55. The van der Waals surface area contributed by atoms with Crippen LogP contribution in [0.5, 0.6) is 0 Å². The smallest absolute Gasteiger partial charge is 0.108 e. The van der Waals surface area contributed by atoms with Crippen molar-refractivity contribution >= 4 is 0 Å². The van der Waals surface area contributed by atoms with Gasteiger partial charge in [0.05, 0.1) is 6.26 Å². The monoisotopic (exact) mass is 140 g/mol. The molecule has 0 aliphatic heterocycles. The molecule has 0 radical (unpaired) electrons. The summed E-state index contributed by atoms with van der Waals surface area (Å²) < 4.78 is 5.13. The third-order valence-electron chi connectivity index (χ3n) is 0.889. The summed E-state index contributed by atoms with van der Waals surface area (Å²) in [6.45, 7) is 10.5. The van der Waals surface area contributed by atoms with Crippen molar-refractivity contribution in [3.63, 3.8) is 0 Å². The summed E-state index contributed by atoms with van der Waals surface area (Å²) in [5, 5.41) is 0. The zero-order valence-electron chi connectivity index (χ0n) is 7.05. The van der Waals surface area contributed by atoms with E-state index >= 15 is 0 Å². The van der Waals surface area contributed by atoms with E-state index in [0.717, 1.165) is 5.57 Å². The quantitative estimate of drug-likeness (QED) is 0.431. The van der Waals surface area contributed by atoms with Crippen molar-refractivity contribution in [3.8, 4) is 0 Å². The van der Waals surface area contributed by atoms with E-state index in [-0.39, 0.29) is 0 Å². The van der Waals surface area contributed by atoms with E-state index in [1.165, 1.54) is 0 Å². The van der Waals surface area contributed by atoms with Crippen LogP contribution in [0.15, 0.2) is 24.5 Å². The molecule has 0 amide bonds. The maximum absolute atomic E-state index is 5.13. The Morgan fingerprint density at radius 2 is 2.20 bits per heavy atom. The standard InChI is InChI=1S/C9H16O/c1-8(2)5-6-10-7-9(3)4/h5-6,8H,3,7H2,1-2,4H3. The van der Waals surface area contributed by atoms with Gasteiger partial charge in [-0.15, -0.1) is 0 Å². The van der Waals surface area contributed by atoms with Gasteiger partial charge in [-0.1, -0.05) is 20.4 Å². The Bertz CT molecular complexity index is 123. The molecule has 0 aliphatic carbocycles. The van der Waals surface area contributed by atoms with Crippen molar-refractivity contribution < 1.29 is 4.74 Å². The summed E-state index contributed by atoms with van der Waals surface area (Å²) in [5.41, 5.74) is 1.05. The fourth-order valence-corrected chi connectivity index (χ4v) is 0.403. The fourth-order valence-electron chi connectivity index (χ4n) is 0.403. The molecule has 0 unspecified atom stereocenters. The van der Waals surface area contributed by atoms with E-state index in [9.17, 15) is 0 Å². The lowest BCUT2D eigenvalue weighted by Crippen LogP contribution is -1.87. The number of hydrogen-bond donors (Lipinski definition) is 0. The molecule has 0 N–H and O–H groups in total. The van der Waals surface area contributed by atoms with Gasteiger partial charge in [-0.3, -0.25) is 0 Å². The van der Waals surface area contributed by atoms with E-state index in [1.54, 1.807) is 6.26 Å². The topological polar surface area (TPSA) is 9.23 Å². The SMILES string of the molecule is C=C(C)COC=CC(C)C. The molecule has 0 saturated carbocycles. The maximum atomic E-state index is 5.13. The lowest BCUT2D eigenvalue weighted by Gasteiger charge is -1.98. The lowest BCUT2D eigenvalue weighted by molar-refractivity contribution is 0.278. The normalized spacial score (nSPS) is 10.8. The van der Waals surface area contributed by atoms with Crippen LogP contribution in [0.1, 0.15) is 20.8 Å². The van der Waals surface area contributed by atoms with Gasteiger partial charge in [-0.05, 0) is 24.5 Å². The minimum absolute atomic E-state index is 0.560. The highest BCUT2D eigenvalue weighted by atomic mass is 16.5. The Labute approximate surface area is 63.4 Å². The molecule has 0 aromatic rings. The highest BCUT2D eigenvalue weighted by molar-refractivity contribution is 4.89. The molecule has 0 aliphatic rings. The van der Waals surface area contributed by atoms with Crippen LogP contribution in [0.2, 0.25) is 0 Å². The molecule has 0 spiro atoms. The van der Waals surface area contributed by atoms with Gasteiger partial charge in [-0.2, -0.15) is 0 Å². The minimum Gasteiger partial charge on any atom is -0.497 e. The van der Waals surface area contributed by atoms with Gasteiger partial charge in [0.1, 0.15) is 6.61 Å². The van der Waals surface area contributed by atoms with Gasteiger partial charge in [0.2, 0.25) is 0 Å². The molecule has 0 heterocycles. The van der Waals surface area contributed by atoms with Gasteiger partial charge in [0.15, 0.2) is 0 Å². The summed E-state index contributed by atoms with van der Waals surface area (Å²) in [4.78, 5) is 0. The van der Waals surface area contributed by atoms with Crippen molar-refractivity contribution in [2.45, 2.75) is 20.8 Å². The number of hydrogen-bond acceptors (Lipinski definition) is 1. The molecule has 0 rings (SSSR count). The average Bonchev–Trinajstić information content (AvgIpc) is 1.79. The first kappa shape index (κ1) is 9.28. The van der Waals surface area contributed by atoms with Crippen molar-refractivity contribution in [3.05, 3.63) is 24.5 Å². The molecule has 58 valence electrons. The fraction of sp³-hybridized carbons (Fsp3) is 0.556. The maximum Gasteiger partial charge on any atom is 0.108 e. The van der Waals surface area contributed by atoms with E-state index < -0.39 is 0 Å². The highest BCUT2D eigenvalue weighted by Gasteiger charge is 1.83. The summed E-state index contributed by atoms with van der Waals surface area (Å²) in [6.07, 6.45) is 3.75. The predicted octanol–water partition coefficient (Wildman–Crippen LogP) is 2.75. The third-order valence-corrected chi connectivity index (χ3v) is 0.889. The molecule has 0 bridgehead atoms. The minimum atomic E-state index is 0.560. The van der Waals surface area contributed by atoms with Crippen molar-refractivity contribution in [2.75, 3.05) is 6.61 Å². The van der Waals surface area contributed by atoms with Gasteiger partial charge in [-0.25, -0.2) is 0 Å². The number of rotatable bonds is 4. The third kappa shape index (κ3) is 7.28. The molecule has 1 nitrogen and oxygen atoms in total. The van der Waals surface area contributed by atoms with Crippen LogP contribution >= 0.6 is 0 Å². The molecule has 0 atom stereocenters. The molecular formula is C9H16O.